The first kappa shape index (κ1) is 19.1. The van der Waals surface area contributed by atoms with E-state index in [9.17, 15) is 0 Å². The van der Waals surface area contributed by atoms with Gasteiger partial charge in [-0.15, -0.1) is 24.0 Å². The molecular weight excluding hydrogens is 411 g/mol. The maximum atomic E-state index is 5.29. The lowest BCUT2D eigenvalue weighted by Crippen LogP contribution is -2.36. The molecule has 0 aliphatic heterocycles. The molecule has 0 saturated heterocycles. The van der Waals surface area contributed by atoms with Crippen molar-refractivity contribution in [2.45, 2.75) is 13.1 Å². The highest BCUT2D eigenvalue weighted by molar-refractivity contribution is 14.0. The van der Waals surface area contributed by atoms with Crippen LogP contribution in [-0.4, -0.2) is 32.4 Å². The number of nitrogens with zero attached hydrogens (tertiary/aromatic N) is 2. The number of aliphatic imine (C=N–C) groups is 1. The van der Waals surface area contributed by atoms with Gasteiger partial charge in [0.1, 0.15) is 12.0 Å². The minimum Gasteiger partial charge on any atom is -0.493 e. The fourth-order valence-corrected chi connectivity index (χ4v) is 1.90. The fraction of sp³-hybridized carbons (Fsp3) is 0.333. The van der Waals surface area contributed by atoms with Crippen LogP contribution >= 0.6 is 24.0 Å². The Kier molecular flexibility index (Phi) is 8.23. The summed E-state index contributed by atoms with van der Waals surface area (Å²) in [6.45, 7) is 1.15. The van der Waals surface area contributed by atoms with E-state index in [0.29, 0.717) is 30.5 Å². The Morgan fingerprint density at radius 1 is 1.13 bits per heavy atom. The normalized spacial score (nSPS) is 10.7. The lowest BCUT2D eigenvalue weighted by molar-refractivity contribution is 0.354. The molecule has 2 aromatic rings. The minimum absolute atomic E-state index is 0. The molecule has 2 rings (SSSR count). The Hall–Kier alpha value is -1.97. The van der Waals surface area contributed by atoms with Crippen LogP contribution in [0.15, 0.2) is 40.0 Å². The molecule has 0 bridgehead atoms. The van der Waals surface area contributed by atoms with Crippen LogP contribution in [0.5, 0.6) is 11.5 Å². The van der Waals surface area contributed by atoms with Gasteiger partial charge in [-0.3, -0.25) is 4.99 Å². The summed E-state index contributed by atoms with van der Waals surface area (Å²) in [7, 11) is 4.95. The zero-order chi connectivity index (χ0) is 15.8. The average molecular weight is 432 g/mol. The number of hydrogen-bond donors (Lipinski definition) is 2. The van der Waals surface area contributed by atoms with Gasteiger partial charge < -0.3 is 24.6 Å². The smallest absolute Gasteiger partial charge is 0.191 e. The second-order valence-electron chi connectivity index (χ2n) is 4.46. The van der Waals surface area contributed by atoms with Crippen molar-refractivity contribution in [2.24, 2.45) is 4.99 Å². The van der Waals surface area contributed by atoms with Crippen LogP contribution in [0.25, 0.3) is 0 Å². The number of hydrogen-bond acceptors (Lipinski definition) is 5. The number of guanidine groups is 1. The monoisotopic (exact) mass is 432 g/mol. The number of ether oxygens (including phenoxy) is 2. The van der Waals surface area contributed by atoms with E-state index in [0.717, 1.165) is 11.3 Å². The Bertz CT molecular complexity index is 617. The van der Waals surface area contributed by atoms with Gasteiger partial charge in [0.2, 0.25) is 0 Å². The van der Waals surface area contributed by atoms with Crippen LogP contribution in [0, 0.1) is 0 Å². The van der Waals surface area contributed by atoms with Gasteiger partial charge in [0.25, 0.3) is 0 Å². The van der Waals surface area contributed by atoms with Crippen molar-refractivity contribution < 1.29 is 14.0 Å². The molecule has 2 N–H and O–H groups in total. The first-order chi connectivity index (χ1) is 10.8. The minimum atomic E-state index is 0. The molecule has 0 unspecified atom stereocenters. The van der Waals surface area contributed by atoms with Gasteiger partial charge in [0, 0.05) is 19.7 Å². The summed E-state index contributed by atoms with van der Waals surface area (Å²) < 4.78 is 15.3. The zero-order valence-corrected chi connectivity index (χ0v) is 15.7. The van der Waals surface area contributed by atoms with Gasteiger partial charge in [-0.1, -0.05) is 11.2 Å². The van der Waals surface area contributed by atoms with E-state index >= 15 is 0 Å². The Morgan fingerprint density at radius 2 is 1.87 bits per heavy atom. The topological polar surface area (TPSA) is 80.9 Å². The van der Waals surface area contributed by atoms with Gasteiger partial charge in [-0.25, -0.2) is 0 Å². The Labute approximate surface area is 152 Å². The Balaban J connectivity index is 0.00000264. The van der Waals surface area contributed by atoms with Crippen LogP contribution in [0.1, 0.15) is 11.3 Å². The molecule has 1 aromatic heterocycles. The van der Waals surface area contributed by atoms with E-state index in [-0.39, 0.29) is 24.0 Å². The average Bonchev–Trinajstić information content (AvgIpc) is 3.08. The molecule has 8 heteroatoms. The van der Waals surface area contributed by atoms with E-state index in [4.69, 9.17) is 14.0 Å². The maximum Gasteiger partial charge on any atom is 0.191 e. The highest BCUT2D eigenvalue weighted by atomic mass is 127. The number of methoxy groups -OCH3 is 2. The van der Waals surface area contributed by atoms with E-state index in [1.54, 1.807) is 27.3 Å². The number of aromatic nitrogens is 1. The van der Waals surface area contributed by atoms with Gasteiger partial charge in [0.15, 0.2) is 17.5 Å². The van der Waals surface area contributed by atoms with Crippen molar-refractivity contribution in [3.8, 4) is 11.5 Å². The molecule has 0 radical (unpaired) electrons. The number of nitrogens with one attached hydrogen (secondary N) is 2. The van der Waals surface area contributed by atoms with Crippen molar-refractivity contribution >= 4 is 29.9 Å². The van der Waals surface area contributed by atoms with Crippen molar-refractivity contribution in [3.05, 3.63) is 41.8 Å². The molecule has 0 aliphatic rings. The van der Waals surface area contributed by atoms with E-state index in [2.05, 4.69) is 20.8 Å². The molecule has 0 fully saturated rings. The van der Waals surface area contributed by atoms with Crippen LogP contribution in [0.2, 0.25) is 0 Å². The quantitative estimate of drug-likeness (QED) is 0.414. The van der Waals surface area contributed by atoms with Gasteiger partial charge >= 0.3 is 0 Å². The standard InChI is InChI=1S/C15H20N4O3.HI/c1-16-15(18-10-12-6-7-22-19-12)17-9-11-4-5-13(20-2)14(8-11)21-3;/h4-8H,9-10H2,1-3H3,(H2,16,17,18);1H. The maximum absolute atomic E-state index is 5.29. The summed E-state index contributed by atoms with van der Waals surface area (Å²) in [6, 6.07) is 7.58. The van der Waals surface area contributed by atoms with Gasteiger partial charge in [-0.05, 0) is 17.7 Å². The third kappa shape index (κ3) is 5.62. The second kappa shape index (κ2) is 9.93. The van der Waals surface area contributed by atoms with Crippen molar-refractivity contribution in [1.29, 1.82) is 0 Å². The fourth-order valence-electron chi connectivity index (χ4n) is 1.90. The summed E-state index contributed by atoms with van der Waals surface area (Å²) in [5, 5.41) is 10.2. The third-order valence-electron chi connectivity index (χ3n) is 3.06. The summed E-state index contributed by atoms with van der Waals surface area (Å²) >= 11 is 0. The molecule has 0 aliphatic carbocycles. The molecule has 7 nitrogen and oxygen atoms in total. The second-order valence-corrected chi connectivity index (χ2v) is 4.46. The van der Waals surface area contributed by atoms with Crippen LogP contribution in [0.3, 0.4) is 0 Å². The lowest BCUT2D eigenvalue weighted by Gasteiger charge is -2.13. The summed E-state index contributed by atoms with van der Waals surface area (Å²) in [6.07, 6.45) is 1.54. The largest absolute Gasteiger partial charge is 0.493 e. The molecular formula is C15H21IN4O3. The molecule has 0 amide bonds. The van der Waals surface area contributed by atoms with E-state index in [1.165, 1.54) is 6.26 Å². The first-order valence-corrected chi connectivity index (χ1v) is 6.81. The molecule has 1 aromatic carbocycles. The van der Waals surface area contributed by atoms with Crippen LogP contribution in [-0.2, 0) is 13.1 Å². The molecule has 0 spiro atoms. The molecule has 126 valence electrons. The highest BCUT2D eigenvalue weighted by Crippen LogP contribution is 2.27. The number of halogens is 1. The summed E-state index contributed by atoms with van der Waals surface area (Å²) in [5.41, 5.74) is 1.87. The van der Waals surface area contributed by atoms with Crippen LogP contribution in [0.4, 0.5) is 0 Å². The molecule has 23 heavy (non-hydrogen) atoms. The lowest BCUT2D eigenvalue weighted by atomic mass is 10.2. The predicted octanol–water partition coefficient (Wildman–Crippen LogP) is 2.18. The van der Waals surface area contributed by atoms with Gasteiger partial charge in [-0.2, -0.15) is 0 Å². The summed E-state index contributed by atoms with van der Waals surface area (Å²) in [5.74, 6) is 2.09. The number of benzene rings is 1. The summed E-state index contributed by atoms with van der Waals surface area (Å²) in [4.78, 5) is 4.16. The van der Waals surface area contributed by atoms with Crippen molar-refractivity contribution in [2.75, 3.05) is 21.3 Å². The van der Waals surface area contributed by atoms with Gasteiger partial charge in [0.05, 0.1) is 20.8 Å². The molecule has 0 saturated carbocycles. The Morgan fingerprint density at radius 3 is 2.48 bits per heavy atom. The number of rotatable bonds is 6. The highest BCUT2D eigenvalue weighted by Gasteiger charge is 2.05. The zero-order valence-electron chi connectivity index (χ0n) is 13.3. The van der Waals surface area contributed by atoms with E-state index in [1.807, 2.05) is 18.2 Å². The molecule has 1 heterocycles. The van der Waals surface area contributed by atoms with Crippen molar-refractivity contribution in [1.82, 2.24) is 15.8 Å². The predicted molar refractivity (Wildman–Crippen MR) is 98.5 cm³/mol. The van der Waals surface area contributed by atoms with Crippen LogP contribution < -0.4 is 20.1 Å². The first-order valence-electron chi connectivity index (χ1n) is 6.81. The van der Waals surface area contributed by atoms with Crippen molar-refractivity contribution in [3.63, 3.8) is 0 Å². The van der Waals surface area contributed by atoms with E-state index < -0.39 is 0 Å². The SMILES string of the molecule is CN=C(NCc1ccc(OC)c(OC)c1)NCc1ccon1.I. The third-order valence-corrected chi connectivity index (χ3v) is 3.06. The molecule has 0 atom stereocenters.